The first-order valence-electron chi connectivity index (χ1n) is 7.42. The average Bonchev–Trinajstić information content (AvgIpc) is 3.20. The molecule has 1 aliphatic heterocycles. The number of anilines is 1. The molecule has 3 rings (SSSR count). The lowest BCUT2D eigenvalue weighted by Crippen LogP contribution is -2.34. The molecule has 2 heterocycles. The number of nitrogens with zero attached hydrogens (tertiary/aromatic N) is 2. The number of hydrogen-bond acceptors (Lipinski definition) is 5. The predicted octanol–water partition coefficient (Wildman–Crippen LogP) is 2.57. The first-order chi connectivity index (χ1) is 11.2. The van der Waals surface area contributed by atoms with E-state index < -0.39 is 0 Å². The third-order valence-electron chi connectivity index (χ3n) is 3.47. The number of urea groups is 1. The Labute approximate surface area is 137 Å². The van der Waals surface area contributed by atoms with E-state index in [1.54, 1.807) is 12.1 Å². The summed E-state index contributed by atoms with van der Waals surface area (Å²) < 4.78 is 18.3. The molecular formula is C15H17FN4O2S. The Bertz CT molecular complexity index is 656. The summed E-state index contributed by atoms with van der Waals surface area (Å²) in [5, 5.41) is 14.6. The Morgan fingerprint density at radius 1 is 1.35 bits per heavy atom. The molecule has 1 atom stereocenters. The van der Waals surface area contributed by atoms with E-state index in [1.807, 2.05) is 0 Å². The van der Waals surface area contributed by atoms with Crippen molar-refractivity contribution < 1.29 is 13.9 Å². The van der Waals surface area contributed by atoms with Crippen LogP contribution in [-0.4, -0.2) is 35.5 Å². The number of benzene rings is 1. The quantitative estimate of drug-likeness (QED) is 0.880. The number of hydrogen-bond donors (Lipinski definition) is 2. The normalized spacial score (nSPS) is 17.2. The van der Waals surface area contributed by atoms with Crippen LogP contribution >= 0.6 is 11.3 Å². The standard InChI is InChI=1S/C15H17FN4O2S/c16-11-5-3-10(4-6-11)8-13-19-20-15(23-13)18-14(21)17-9-12-2-1-7-22-12/h3-6,12H,1-2,7-9H2,(H2,17,18,20,21). The maximum atomic E-state index is 12.9. The number of ether oxygens (including phenoxy) is 1. The van der Waals surface area contributed by atoms with Crippen LogP contribution in [0.1, 0.15) is 23.4 Å². The fourth-order valence-corrected chi connectivity index (χ4v) is 3.07. The van der Waals surface area contributed by atoms with Gasteiger partial charge < -0.3 is 10.1 Å². The summed E-state index contributed by atoms with van der Waals surface area (Å²) in [4.78, 5) is 11.8. The summed E-state index contributed by atoms with van der Waals surface area (Å²) in [5.41, 5.74) is 0.942. The van der Waals surface area contributed by atoms with Gasteiger partial charge in [0.05, 0.1) is 6.10 Å². The van der Waals surface area contributed by atoms with Crippen molar-refractivity contribution in [1.29, 1.82) is 0 Å². The van der Waals surface area contributed by atoms with Crippen LogP contribution in [0.2, 0.25) is 0 Å². The number of nitrogens with one attached hydrogen (secondary N) is 2. The van der Waals surface area contributed by atoms with Crippen molar-refractivity contribution in [3.8, 4) is 0 Å². The van der Waals surface area contributed by atoms with Crippen LogP contribution in [0.3, 0.4) is 0 Å². The molecule has 8 heteroatoms. The summed E-state index contributed by atoms with van der Waals surface area (Å²) in [6.07, 6.45) is 2.67. The van der Waals surface area contributed by atoms with Crippen molar-refractivity contribution in [2.24, 2.45) is 0 Å². The molecule has 0 radical (unpaired) electrons. The van der Waals surface area contributed by atoms with E-state index in [9.17, 15) is 9.18 Å². The molecule has 1 fully saturated rings. The van der Waals surface area contributed by atoms with Crippen molar-refractivity contribution in [3.63, 3.8) is 0 Å². The summed E-state index contributed by atoms with van der Waals surface area (Å²) in [6.45, 7) is 1.25. The van der Waals surface area contributed by atoms with E-state index in [0.717, 1.165) is 30.0 Å². The molecule has 122 valence electrons. The second-order valence-corrected chi connectivity index (χ2v) is 6.34. The number of carbonyl (C=O) groups is 1. The Kier molecular flexibility index (Phi) is 5.14. The Hall–Kier alpha value is -2.06. The lowest BCUT2D eigenvalue weighted by molar-refractivity contribution is 0.112. The van der Waals surface area contributed by atoms with Gasteiger partial charge in [-0.25, -0.2) is 9.18 Å². The lowest BCUT2D eigenvalue weighted by Gasteiger charge is -2.10. The van der Waals surface area contributed by atoms with E-state index >= 15 is 0 Å². The lowest BCUT2D eigenvalue weighted by atomic mass is 10.2. The van der Waals surface area contributed by atoms with Crippen LogP contribution in [0.5, 0.6) is 0 Å². The van der Waals surface area contributed by atoms with E-state index in [-0.39, 0.29) is 18.0 Å². The first kappa shape index (κ1) is 15.8. The number of halogens is 1. The van der Waals surface area contributed by atoms with Crippen molar-refractivity contribution in [3.05, 3.63) is 40.7 Å². The summed E-state index contributed by atoms with van der Waals surface area (Å²) >= 11 is 1.30. The smallest absolute Gasteiger partial charge is 0.321 e. The minimum Gasteiger partial charge on any atom is -0.376 e. The fraction of sp³-hybridized carbons (Fsp3) is 0.400. The highest BCUT2D eigenvalue weighted by Gasteiger charge is 2.16. The summed E-state index contributed by atoms with van der Waals surface area (Å²) in [7, 11) is 0. The van der Waals surface area contributed by atoms with Crippen molar-refractivity contribution >= 4 is 22.5 Å². The van der Waals surface area contributed by atoms with Crippen LogP contribution in [0.25, 0.3) is 0 Å². The summed E-state index contributed by atoms with van der Waals surface area (Å²) in [6, 6.07) is 5.92. The number of amides is 2. The van der Waals surface area contributed by atoms with Gasteiger partial charge in [-0.3, -0.25) is 5.32 Å². The fourth-order valence-electron chi connectivity index (χ4n) is 2.31. The molecule has 1 aliphatic rings. The number of rotatable bonds is 5. The minimum absolute atomic E-state index is 0.101. The maximum absolute atomic E-state index is 12.9. The van der Waals surface area contributed by atoms with Crippen LogP contribution < -0.4 is 10.6 Å². The van der Waals surface area contributed by atoms with E-state index in [4.69, 9.17) is 4.74 Å². The molecule has 6 nitrogen and oxygen atoms in total. The first-order valence-corrected chi connectivity index (χ1v) is 8.24. The molecule has 0 saturated carbocycles. The minimum atomic E-state index is -0.315. The molecule has 0 aliphatic carbocycles. The van der Waals surface area contributed by atoms with Crippen molar-refractivity contribution in [1.82, 2.24) is 15.5 Å². The van der Waals surface area contributed by atoms with Gasteiger partial charge in [0, 0.05) is 19.6 Å². The highest BCUT2D eigenvalue weighted by atomic mass is 32.1. The van der Waals surface area contributed by atoms with Gasteiger partial charge >= 0.3 is 6.03 Å². The number of carbonyl (C=O) groups excluding carboxylic acids is 1. The SMILES string of the molecule is O=C(NCC1CCCO1)Nc1nnc(Cc2ccc(F)cc2)s1. The van der Waals surface area contributed by atoms with Gasteiger partial charge in [-0.15, -0.1) is 10.2 Å². The molecular weight excluding hydrogens is 319 g/mol. The third kappa shape index (κ3) is 4.70. The molecule has 0 spiro atoms. The second-order valence-electron chi connectivity index (χ2n) is 5.27. The number of aromatic nitrogens is 2. The van der Waals surface area contributed by atoms with E-state index in [1.165, 1.54) is 23.5 Å². The zero-order chi connectivity index (χ0) is 16.1. The van der Waals surface area contributed by atoms with Gasteiger partial charge in [-0.1, -0.05) is 23.5 Å². The topological polar surface area (TPSA) is 76.1 Å². The largest absolute Gasteiger partial charge is 0.376 e. The van der Waals surface area contributed by atoms with Gasteiger partial charge in [0.15, 0.2) is 0 Å². The second kappa shape index (κ2) is 7.47. The van der Waals surface area contributed by atoms with Crippen molar-refractivity contribution in [2.75, 3.05) is 18.5 Å². The highest BCUT2D eigenvalue weighted by molar-refractivity contribution is 7.15. The van der Waals surface area contributed by atoms with Crippen LogP contribution in [-0.2, 0) is 11.2 Å². The van der Waals surface area contributed by atoms with Crippen LogP contribution in [0, 0.1) is 5.82 Å². The molecule has 2 amide bonds. The van der Waals surface area contributed by atoms with Gasteiger partial charge in [0.2, 0.25) is 5.13 Å². The summed E-state index contributed by atoms with van der Waals surface area (Å²) in [5.74, 6) is -0.267. The zero-order valence-electron chi connectivity index (χ0n) is 12.4. The molecule has 1 aromatic heterocycles. The van der Waals surface area contributed by atoms with E-state index in [2.05, 4.69) is 20.8 Å². The van der Waals surface area contributed by atoms with Gasteiger partial charge in [-0.05, 0) is 30.5 Å². The molecule has 1 aromatic carbocycles. The predicted molar refractivity (Wildman–Crippen MR) is 85.1 cm³/mol. The average molecular weight is 336 g/mol. The van der Waals surface area contributed by atoms with Gasteiger partial charge in [-0.2, -0.15) is 0 Å². The maximum Gasteiger partial charge on any atom is 0.321 e. The Morgan fingerprint density at radius 3 is 2.91 bits per heavy atom. The van der Waals surface area contributed by atoms with Crippen LogP contribution in [0.4, 0.5) is 14.3 Å². The van der Waals surface area contributed by atoms with E-state index in [0.29, 0.717) is 18.1 Å². The van der Waals surface area contributed by atoms with Crippen molar-refractivity contribution in [2.45, 2.75) is 25.4 Å². The molecule has 1 saturated heterocycles. The third-order valence-corrected chi connectivity index (χ3v) is 4.31. The Balaban J connectivity index is 1.48. The van der Waals surface area contributed by atoms with Crippen LogP contribution in [0.15, 0.2) is 24.3 Å². The molecule has 1 unspecified atom stereocenters. The molecule has 2 aromatic rings. The molecule has 23 heavy (non-hydrogen) atoms. The highest BCUT2D eigenvalue weighted by Crippen LogP contribution is 2.18. The molecule has 0 bridgehead atoms. The molecule has 2 N–H and O–H groups in total. The van der Waals surface area contributed by atoms with Gasteiger partial charge in [0.25, 0.3) is 0 Å². The van der Waals surface area contributed by atoms with Gasteiger partial charge in [0.1, 0.15) is 10.8 Å². The zero-order valence-corrected chi connectivity index (χ0v) is 13.2. The monoisotopic (exact) mass is 336 g/mol. The Morgan fingerprint density at radius 2 is 2.17 bits per heavy atom.